The molecule has 1 aliphatic rings. The molecule has 1 unspecified atom stereocenters. The molecule has 1 amide bonds. The molecule has 0 bridgehead atoms. The minimum Gasteiger partial charge on any atom is -0.267 e. The number of halogens is 1. The molecule has 30 heavy (non-hydrogen) atoms. The first kappa shape index (κ1) is 19.8. The molecule has 7 heteroatoms. The minimum atomic E-state index is -0.468. The first-order valence-electron chi connectivity index (χ1n) is 9.41. The molecule has 0 N–H and O–H groups in total. The van der Waals surface area contributed by atoms with Gasteiger partial charge >= 0.3 is 0 Å². The monoisotopic (exact) mass is 419 g/mol. The first-order chi connectivity index (χ1) is 14.4. The second kappa shape index (κ2) is 8.08. The number of hydrogen-bond acceptors (Lipinski definition) is 4. The fourth-order valence-corrected chi connectivity index (χ4v) is 3.70. The van der Waals surface area contributed by atoms with Crippen LogP contribution >= 0.6 is 11.6 Å². The maximum absolute atomic E-state index is 13.3. The zero-order valence-corrected chi connectivity index (χ0v) is 16.9. The number of carbonyl (C=O) groups excluding carboxylic acids is 1. The molecule has 0 saturated heterocycles. The van der Waals surface area contributed by atoms with Crippen molar-refractivity contribution in [1.82, 2.24) is 5.01 Å². The summed E-state index contributed by atoms with van der Waals surface area (Å²) in [6.07, 6.45) is 0.445. The second-order valence-electron chi connectivity index (χ2n) is 7.11. The Bertz CT molecular complexity index is 1160. The van der Waals surface area contributed by atoms with Gasteiger partial charge in [-0.3, -0.25) is 14.9 Å². The lowest BCUT2D eigenvalue weighted by molar-refractivity contribution is -0.384. The van der Waals surface area contributed by atoms with Crippen LogP contribution < -0.4 is 0 Å². The van der Waals surface area contributed by atoms with Crippen LogP contribution in [0.4, 0.5) is 5.69 Å². The minimum absolute atomic E-state index is 0.0265. The van der Waals surface area contributed by atoms with E-state index in [1.165, 1.54) is 17.1 Å². The molecular formula is C23H18ClN3O3. The number of rotatable bonds is 4. The van der Waals surface area contributed by atoms with Gasteiger partial charge in [0.1, 0.15) is 0 Å². The predicted molar refractivity (Wildman–Crippen MR) is 116 cm³/mol. The predicted octanol–water partition coefficient (Wildman–Crippen LogP) is 5.55. The van der Waals surface area contributed by atoms with Crippen molar-refractivity contribution in [1.29, 1.82) is 0 Å². The van der Waals surface area contributed by atoms with Crippen molar-refractivity contribution < 1.29 is 9.72 Å². The average molecular weight is 420 g/mol. The fourth-order valence-electron chi connectivity index (χ4n) is 3.48. The fraction of sp³-hybridized carbons (Fsp3) is 0.130. The Balaban J connectivity index is 1.77. The number of non-ortho nitro benzene ring substituents is 1. The van der Waals surface area contributed by atoms with Crippen LogP contribution in [0.25, 0.3) is 0 Å². The number of hydrazone groups is 1. The van der Waals surface area contributed by atoms with Gasteiger partial charge in [-0.2, -0.15) is 5.10 Å². The van der Waals surface area contributed by atoms with Crippen LogP contribution in [0.2, 0.25) is 5.02 Å². The van der Waals surface area contributed by atoms with Crippen LogP contribution in [-0.2, 0) is 0 Å². The molecule has 1 atom stereocenters. The van der Waals surface area contributed by atoms with Crippen molar-refractivity contribution >= 4 is 28.9 Å². The zero-order valence-electron chi connectivity index (χ0n) is 16.2. The summed E-state index contributed by atoms with van der Waals surface area (Å²) in [5, 5.41) is 17.6. The number of carbonyl (C=O) groups is 1. The number of amides is 1. The molecule has 0 aromatic heterocycles. The smallest absolute Gasteiger partial charge is 0.267 e. The Morgan fingerprint density at radius 3 is 2.53 bits per heavy atom. The Labute approximate surface area is 178 Å². The lowest BCUT2D eigenvalue weighted by Gasteiger charge is -2.22. The van der Waals surface area contributed by atoms with Crippen LogP contribution in [0.3, 0.4) is 0 Å². The molecule has 0 saturated carbocycles. The van der Waals surface area contributed by atoms with Gasteiger partial charge in [-0.15, -0.1) is 0 Å². The van der Waals surface area contributed by atoms with Gasteiger partial charge in [0.05, 0.1) is 27.3 Å². The highest BCUT2D eigenvalue weighted by molar-refractivity contribution is 6.33. The summed E-state index contributed by atoms with van der Waals surface area (Å²) < 4.78 is 0. The van der Waals surface area contributed by atoms with Crippen molar-refractivity contribution in [3.63, 3.8) is 0 Å². The van der Waals surface area contributed by atoms with E-state index in [1.807, 2.05) is 31.2 Å². The van der Waals surface area contributed by atoms with Crippen molar-refractivity contribution in [3.8, 4) is 0 Å². The third kappa shape index (κ3) is 3.82. The van der Waals surface area contributed by atoms with E-state index in [2.05, 4.69) is 5.10 Å². The molecule has 1 heterocycles. The molecule has 0 radical (unpaired) electrons. The third-order valence-electron chi connectivity index (χ3n) is 5.07. The van der Waals surface area contributed by atoms with Gasteiger partial charge in [-0.05, 0) is 30.2 Å². The van der Waals surface area contributed by atoms with Gasteiger partial charge < -0.3 is 0 Å². The van der Waals surface area contributed by atoms with E-state index in [1.54, 1.807) is 36.4 Å². The Hall–Kier alpha value is -3.51. The summed E-state index contributed by atoms with van der Waals surface area (Å²) in [4.78, 5) is 24.1. The van der Waals surface area contributed by atoms with Gasteiger partial charge in [-0.25, -0.2) is 5.01 Å². The Morgan fingerprint density at radius 1 is 1.10 bits per heavy atom. The highest BCUT2D eigenvalue weighted by Crippen LogP contribution is 2.36. The molecule has 0 spiro atoms. The number of aryl methyl sites for hydroxylation is 1. The molecular weight excluding hydrogens is 402 g/mol. The van der Waals surface area contributed by atoms with Gasteiger partial charge in [0.25, 0.3) is 11.6 Å². The standard InChI is InChI=1S/C23H18ClN3O3/c1-15-9-11-16(12-10-15)21-14-22(17-5-4-6-18(13-17)27(29)30)26(25-21)23(28)19-7-2-3-8-20(19)24/h2-13,22H,14H2,1H3. The number of nitro benzene ring substituents is 1. The van der Waals surface area contributed by atoms with Crippen LogP contribution in [-0.4, -0.2) is 21.6 Å². The van der Waals surface area contributed by atoms with Crippen LogP contribution in [0.5, 0.6) is 0 Å². The largest absolute Gasteiger partial charge is 0.276 e. The van der Waals surface area contributed by atoms with Crippen molar-refractivity contribution in [2.45, 2.75) is 19.4 Å². The zero-order chi connectivity index (χ0) is 21.3. The Kier molecular flexibility index (Phi) is 5.33. The topological polar surface area (TPSA) is 75.8 Å². The number of nitrogens with zero attached hydrogens (tertiary/aromatic N) is 3. The summed E-state index contributed by atoms with van der Waals surface area (Å²) in [6, 6.07) is 20.5. The molecule has 6 nitrogen and oxygen atoms in total. The maximum atomic E-state index is 13.3. The first-order valence-corrected chi connectivity index (χ1v) is 9.79. The summed E-state index contributed by atoms with van der Waals surface area (Å²) in [6.45, 7) is 2.00. The highest BCUT2D eigenvalue weighted by atomic mass is 35.5. The SMILES string of the molecule is Cc1ccc(C2=NN(C(=O)c3ccccc3Cl)C(c3cccc([N+](=O)[O-])c3)C2)cc1. The van der Waals surface area contributed by atoms with Crippen molar-refractivity contribution in [3.05, 3.63) is 110 Å². The summed E-state index contributed by atoms with van der Waals surface area (Å²) >= 11 is 6.24. The maximum Gasteiger partial charge on any atom is 0.276 e. The van der Waals surface area contributed by atoms with Gasteiger partial charge in [0.15, 0.2) is 0 Å². The summed E-state index contributed by atoms with van der Waals surface area (Å²) in [7, 11) is 0. The summed E-state index contributed by atoms with van der Waals surface area (Å²) in [5.74, 6) is -0.348. The van der Waals surface area contributed by atoms with Gasteiger partial charge in [0.2, 0.25) is 0 Å². The van der Waals surface area contributed by atoms with Gasteiger partial charge in [-0.1, -0.05) is 65.7 Å². The number of hydrogen-bond donors (Lipinski definition) is 0. The molecule has 3 aromatic carbocycles. The van der Waals surface area contributed by atoms with E-state index in [0.29, 0.717) is 22.6 Å². The van der Waals surface area contributed by atoms with Crippen LogP contribution in [0, 0.1) is 17.0 Å². The van der Waals surface area contributed by atoms with E-state index in [-0.39, 0.29) is 11.6 Å². The van der Waals surface area contributed by atoms with Crippen LogP contribution in [0.15, 0.2) is 77.9 Å². The molecule has 4 rings (SSSR count). The Morgan fingerprint density at radius 2 is 1.83 bits per heavy atom. The van der Waals surface area contributed by atoms with E-state index in [4.69, 9.17) is 11.6 Å². The highest BCUT2D eigenvalue weighted by Gasteiger charge is 2.35. The molecule has 150 valence electrons. The molecule has 0 fully saturated rings. The number of nitro groups is 1. The number of benzene rings is 3. The van der Waals surface area contributed by atoms with Crippen LogP contribution in [0.1, 0.15) is 39.5 Å². The van der Waals surface area contributed by atoms with E-state index >= 15 is 0 Å². The molecule has 0 aliphatic carbocycles. The van der Waals surface area contributed by atoms with Gasteiger partial charge in [0, 0.05) is 18.6 Å². The lowest BCUT2D eigenvalue weighted by atomic mass is 9.97. The van der Waals surface area contributed by atoms with E-state index < -0.39 is 11.0 Å². The molecule has 1 aliphatic heterocycles. The second-order valence-corrected chi connectivity index (χ2v) is 7.52. The van der Waals surface area contributed by atoms with E-state index in [0.717, 1.165) is 16.8 Å². The quantitative estimate of drug-likeness (QED) is 0.411. The summed E-state index contributed by atoms with van der Waals surface area (Å²) in [5.41, 5.74) is 3.73. The lowest BCUT2D eigenvalue weighted by Crippen LogP contribution is -2.27. The third-order valence-corrected chi connectivity index (χ3v) is 5.40. The van der Waals surface area contributed by atoms with Crippen molar-refractivity contribution in [2.24, 2.45) is 5.10 Å². The normalized spacial score (nSPS) is 15.7. The van der Waals surface area contributed by atoms with Crippen molar-refractivity contribution in [2.75, 3.05) is 0 Å². The molecule has 3 aromatic rings. The average Bonchev–Trinajstić information content (AvgIpc) is 3.20. The van der Waals surface area contributed by atoms with E-state index in [9.17, 15) is 14.9 Å².